The van der Waals surface area contributed by atoms with Gasteiger partial charge in [0.2, 0.25) is 0 Å². The molecular formula is C18H26Cl2Zr. The second-order valence-electron chi connectivity index (χ2n) is 5.19. The molecule has 0 unspecified atom stereocenters. The van der Waals surface area contributed by atoms with Crippen molar-refractivity contribution in [3.63, 3.8) is 0 Å². The molecule has 3 heteroatoms. The van der Waals surface area contributed by atoms with Crippen molar-refractivity contribution in [2.75, 3.05) is 0 Å². The maximum atomic E-state index is 2.25. The minimum absolute atomic E-state index is 0. The third-order valence-corrected chi connectivity index (χ3v) is 3.92. The van der Waals surface area contributed by atoms with E-state index in [-0.39, 0.29) is 51.0 Å². The van der Waals surface area contributed by atoms with E-state index in [4.69, 9.17) is 0 Å². The van der Waals surface area contributed by atoms with Crippen LogP contribution >= 0.6 is 0 Å². The van der Waals surface area contributed by atoms with Crippen molar-refractivity contribution in [3.05, 3.63) is 57.6 Å². The predicted molar refractivity (Wildman–Crippen MR) is 81.8 cm³/mol. The summed E-state index contributed by atoms with van der Waals surface area (Å²) in [6, 6.07) is 8.24. The summed E-state index contributed by atoms with van der Waals surface area (Å²) >= 11 is 0. The molecule has 0 N–H and O–H groups in total. The van der Waals surface area contributed by atoms with E-state index in [0.29, 0.717) is 0 Å². The van der Waals surface area contributed by atoms with E-state index in [9.17, 15) is 0 Å². The van der Waals surface area contributed by atoms with E-state index in [1.807, 2.05) is 12.1 Å². The fourth-order valence-electron chi connectivity index (χ4n) is 2.39. The molecule has 2 aromatic carbocycles. The Balaban J connectivity index is -0.000000312. The van der Waals surface area contributed by atoms with Gasteiger partial charge in [-0.05, 0) is 0 Å². The quantitative estimate of drug-likeness (QED) is 0.582. The van der Waals surface area contributed by atoms with Gasteiger partial charge in [0, 0.05) is 0 Å². The van der Waals surface area contributed by atoms with Crippen LogP contribution < -0.4 is 24.8 Å². The van der Waals surface area contributed by atoms with Gasteiger partial charge in [0.1, 0.15) is 0 Å². The Kier molecular flexibility index (Phi) is 15.7. The molecule has 0 fully saturated rings. The van der Waals surface area contributed by atoms with E-state index in [1.165, 1.54) is 40.7 Å². The van der Waals surface area contributed by atoms with Crippen LogP contribution in [-0.2, 0) is 32.6 Å². The van der Waals surface area contributed by atoms with Gasteiger partial charge < -0.3 is 24.8 Å². The Hall–Kier alpha value is 0.163. The van der Waals surface area contributed by atoms with Crippen molar-refractivity contribution >= 4 is 0 Å². The first-order chi connectivity index (χ1) is 8.49. The van der Waals surface area contributed by atoms with E-state index in [2.05, 4.69) is 53.7 Å². The fraction of sp³-hybridized carbons (Fsp3) is 0.444. The summed E-state index contributed by atoms with van der Waals surface area (Å²) in [7, 11) is 0. The Labute approximate surface area is 162 Å². The fourth-order valence-corrected chi connectivity index (χ4v) is 2.39. The molecule has 0 aromatic heterocycles. The van der Waals surface area contributed by atoms with Crippen molar-refractivity contribution < 1.29 is 51.0 Å². The van der Waals surface area contributed by atoms with Crippen LogP contribution in [0, 0.1) is 34.6 Å². The average Bonchev–Trinajstić information content (AvgIpc) is 2.89. The number of halogens is 2. The van der Waals surface area contributed by atoms with Crippen LogP contribution in [0.4, 0.5) is 0 Å². The zero-order chi connectivity index (χ0) is 13.7. The average molecular weight is 405 g/mol. The van der Waals surface area contributed by atoms with Crippen molar-refractivity contribution in [1.82, 2.24) is 0 Å². The maximum Gasteiger partial charge on any atom is 4.00 e. The van der Waals surface area contributed by atoms with Crippen LogP contribution in [0.15, 0.2) is 24.3 Å². The number of rotatable bonds is 2. The first-order valence-corrected chi connectivity index (χ1v) is 6.89. The normalized spacial score (nSPS) is 8.67. The molecule has 21 heavy (non-hydrogen) atoms. The second-order valence-corrected chi connectivity index (χ2v) is 5.19. The van der Waals surface area contributed by atoms with E-state index >= 15 is 0 Å². The third-order valence-electron chi connectivity index (χ3n) is 3.92. The number of hydrogen-bond donors (Lipinski definition) is 0. The van der Waals surface area contributed by atoms with E-state index in [1.54, 1.807) is 5.56 Å². The Morgan fingerprint density at radius 1 is 0.905 bits per heavy atom. The van der Waals surface area contributed by atoms with Gasteiger partial charge in [-0.25, -0.2) is 12.1 Å². The van der Waals surface area contributed by atoms with Gasteiger partial charge in [0.05, 0.1) is 0 Å². The van der Waals surface area contributed by atoms with E-state index in [0.717, 1.165) is 0 Å². The molecule has 0 spiro atoms. The summed E-state index contributed by atoms with van der Waals surface area (Å²) in [4.78, 5) is 0. The van der Waals surface area contributed by atoms with Gasteiger partial charge in [0.15, 0.2) is 0 Å². The summed E-state index contributed by atoms with van der Waals surface area (Å²) in [5.74, 6) is 0. The van der Waals surface area contributed by atoms with Crippen LogP contribution in [0.5, 0.6) is 0 Å². The zero-order valence-corrected chi connectivity index (χ0v) is 17.9. The second kappa shape index (κ2) is 12.7. The van der Waals surface area contributed by atoms with Crippen LogP contribution in [0.2, 0.25) is 0 Å². The van der Waals surface area contributed by atoms with Crippen LogP contribution in [0.25, 0.3) is 0 Å². The molecule has 0 heterocycles. The van der Waals surface area contributed by atoms with Crippen molar-refractivity contribution in [1.29, 1.82) is 0 Å². The van der Waals surface area contributed by atoms with Gasteiger partial charge in [-0.1, -0.05) is 54.4 Å². The largest absolute Gasteiger partial charge is 4.00 e. The first-order valence-electron chi connectivity index (χ1n) is 6.89. The van der Waals surface area contributed by atoms with Gasteiger partial charge in [-0.15, -0.1) is 0 Å². The van der Waals surface area contributed by atoms with Crippen molar-refractivity contribution in [2.24, 2.45) is 0 Å². The summed E-state index contributed by atoms with van der Waals surface area (Å²) in [5, 5.41) is 0. The number of aryl methyl sites for hydroxylation is 1. The summed E-state index contributed by atoms with van der Waals surface area (Å²) in [6.45, 7) is 13.3. The van der Waals surface area contributed by atoms with Crippen LogP contribution in [0.3, 0.4) is 0 Å². The molecule has 0 bridgehead atoms. The van der Waals surface area contributed by atoms with E-state index < -0.39 is 0 Å². The molecule has 0 saturated carbocycles. The monoisotopic (exact) mass is 402 g/mol. The number of hydrogen-bond acceptors (Lipinski definition) is 0. The molecule has 0 atom stereocenters. The molecular weight excluding hydrogens is 378 g/mol. The Morgan fingerprint density at radius 2 is 1.38 bits per heavy atom. The zero-order valence-electron chi connectivity index (χ0n) is 14.0. The molecule has 0 nitrogen and oxygen atoms in total. The SMILES string of the molecule is CCCc1c(C)c(C)c(C)[c-]1C.C[c-]1cccc1.[Cl-].[Cl-].[Zr+4]. The summed E-state index contributed by atoms with van der Waals surface area (Å²) in [6.07, 6.45) is 2.50. The molecule has 0 amide bonds. The summed E-state index contributed by atoms with van der Waals surface area (Å²) in [5.41, 5.74) is 8.97. The van der Waals surface area contributed by atoms with Crippen LogP contribution in [0.1, 0.15) is 46.7 Å². The molecule has 0 aliphatic heterocycles. The molecule has 0 aliphatic carbocycles. The molecule has 0 aliphatic rings. The maximum absolute atomic E-state index is 2.25. The Bertz CT molecular complexity index is 456. The standard InChI is InChI=1S/C12H19.C6H7.2ClH.Zr/c1-6-7-12-10(4)8(2)9(3)11(12)5;1-6-4-2-3-5-6;;;/h6-7H2,1-5H3;2-5H,1H3;2*1H;/q2*-1;;;+4/p-2. The Morgan fingerprint density at radius 3 is 1.62 bits per heavy atom. The smallest absolute Gasteiger partial charge is 1.00 e. The third kappa shape index (κ3) is 7.31. The molecule has 0 saturated heterocycles. The van der Waals surface area contributed by atoms with Crippen molar-refractivity contribution in [3.8, 4) is 0 Å². The summed E-state index contributed by atoms with van der Waals surface area (Å²) < 4.78 is 0. The van der Waals surface area contributed by atoms with Gasteiger partial charge in [0.25, 0.3) is 0 Å². The van der Waals surface area contributed by atoms with Crippen LogP contribution in [-0.4, -0.2) is 0 Å². The van der Waals surface area contributed by atoms with Gasteiger partial charge in [-0.2, -0.15) is 45.5 Å². The molecule has 2 rings (SSSR count). The van der Waals surface area contributed by atoms with Crippen molar-refractivity contribution in [2.45, 2.75) is 54.4 Å². The first kappa shape index (κ1) is 26.1. The topological polar surface area (TPSA) is 0 Å². The molecule has 2 aromatic rings. The van der Waals surface area contributed by atoms with Gasteiger partial charge in [-0.3, -0.25) is 0 Å². The molecule has 0 radical (unpaired) electrons. The van der Waals surface area contributed by atoms with Gasteiger partial charge >= 0.3 is 26.2 Å². The predicted octanol–water partition coefficient (Wildman–Crippen LogP) is -0.689. The minimum atomic E-state index is 0. The minimum Gasteiger partial charge on any atom is -1.00 e. The molecule has 116 valence electrons.